The number of hydrogen-bond acceptors (Lipinski definition) is 2. The van der Waals surface area contributed by atoms with E-state index >= 15 is 0 Å². The van der Waals surface area contributed by atoms with E-state index in [4.69, 9.17) is 0 Å². The molecule has 1 aromatic rings. The molecule has 0 aromatic heterocycles. The zero-order valence-electron chi connectivity index (χ0n) is 12.4. The van der Waals surface area contributed by atoms with Gasteiger partial charge in [-0.25, -0.2) is 0 Å². The van der Waals surface area contributed by atoms with Gasteiger partial charge in [0.2, 0.25) is 0 Å². The topological polar surface area (TPSA) is 32.3 Å². The van der Waals surface area contributed by atoms with Crippen molar-refractivity contribution >= 4 is 0 Å². The van der Waals surface area contributed by atoms with Gasteiger partial charge in [-0.1, -0.05) is 44.9 Å². The van der Waals surface area contributed by atoms with Gasteiger partial charge in [-0.3, -0.25) is 0 Å². The van der Waals surface area contributed by atoms with Crippen molar-refractivity contribution in [2.24, 2.45) is 11.8 Å². The monoisotopic (exact) mass is 261 g/mol. The molecular formula is C17H27NO. The van der Waals surface area contributed by atoms with E-state index in [0.717, 1.165) is 29.5 Å². The van der Waals surface area contributed by atoms with Gasteiger partial charge in [0, 0.05) is 18.2 Å². The Morgan fingerprint density at radius 2 is 2.00 bits per heavy atom. The van der Waals surface area contributed by atoms with Crippen LogP contribution >= 0.6 is 0 Å². The van der Waals surface area contributed by atoms with Crippen molar-refractivity contribution in [2.75, 3.05) is 0 Å². The maximum atomic E-state index is 10.1. The fourth-order valence-corrected chi connectivity index (χ4v) is 3.31. The van der Waals surface area contributed by atoms with E-state index in [0.29, 0.717) is 11.8 Å². The highest BCUT2D eigenvalue weighted by atomic mass is 16.3. The second kappa shape index (κ2) is 6.42. The molecule has 0 bridgehead atoms. The summed E-state index contributed by atoms with van der Waals surface area (Å²) in [5, 5.41) is 13.7. The van der Waals surface area contributed by atoms with Crippen LogP contribution in [-0.4, -0.2) is 11.1 Å². The maximum absolute atomic E-state index is 10.1. The number of aryl methyl sites for hydroxylation is 1. The smallest absolute Gasteiger partial charge is 0.122 e. The van der Waals surface area contributed by atoms with Crippen LogP contribution in [0.2, 0.25) is 0 Å². The van der Waals surface area contributed by atoms with Gasteiger partial charge in [-0.2, -0.15) is 0 Å². The summed E-state index contributed by atoms with van der Waals surface area (Å²) in [6, 6.07) is 6.60. The summed E-state index contributed by atoms with van der Waals surface area (Å²) in [4.78, 5) is 0. The summed E-state index contributed by atoms with van der Waals surface area (Å²) in [5.41, 5.74) is 1.98. The van der Waals surface area contributed by atoms with Gasteiger partial charge in [0.15, 0.2) is 0 Å². The van der Waals surface area contributed by atoms with E-state index in [-0.39, 0.29) is 0 Å². The number of phenolic OH excluding ortho intramolecular Hbond substituents is 1. The van der Waals surface area contributed by atoms with Gasteiger partial charge in [-0.15, -0.1) is 0 Å². The standard InChI is InChI=1S/C17H27NO/c1-12(2)15-9-4-5-10-16(15)18-11-14-8-6-7-13(3)17(14)19/h6-8,12,15-16,18-19H,4-5,9-11H2,1-3H3. The summed E-state index contributed by atoms with van der Waals surface area (Å²) >= 11 is 0. The summed E-state index contributed by atoms with van der Waals surface area (Å²) in [7, 11) is 0. The summed E-state index contributed by atoms with van der Waals surface area (Å²) in [5.74, 6) is 1.97. The predicted octanol–water partition coefficient (Wildman–Crippen LogP) is 4.01. The highest BCUT2D eigenvalue weighted by Gasteiger charge is 2.27. The van der Waals surface area contributed by atoms with Crippen molar-refractivity contribution in [3.05, 3.63) is 29.3 Å². The Balaban J connectivity index is 1.98. The number of para-hydroxylation sites is 1. The molecule has 0 radical (unpaired) electrons. The molecule has 2 nitrogen and oxygen atoms in total. The van der Waals surface area contributed by atoms with Gasteiger partial charge >= 0.3 is 0 Å². The summed E-state index contributed by atoms with van der Waals surface area (Å²) < 4.78 is 0. The molecule has 0 spiro atoms. The number of rotatable bonds is 4. The first kappa shape index (κ1) is 14.4. The van der Waals surface area contributed by atoms with E-state index in [1.54, 1.807) is 0 Å². The third kappa shape index (κ3) is 3.50. The van der Waals surface area contributed by atoms with Gasteiger partial charge in [0.25, 0.3) is 0 Å². The van der Waals surface area contributed by atoms with Crippen LogP contribution in [0.15, 0.2) is 18.2 Å². The fraction of sp³-hybridized carbons (Fsp3) is 0.647. The van der Waals surface area contributed by atoms with Crippen LogP contribution in [0, 0.1) is 18.8 Å². The van der Waals surface area contributed by atoms with Gasteiger partial charge in [-0.05, 0) is 37.2 Å². The Kier molecular flexibility index (Phi) is 4.87. The van der Waals surface area contributed by atoms with Crippen LogP contribution in [0.1, 0.15) is 50.7 Å². The Morgan fingerprint density at radius 1 is 1.26 bits per heavy atom. The van der Waals surface area contributed by atoms with Crippen LogP contribution < -0.4 is 5.32 Å². The van der Waals surface area contributed by atoms with Crippen LogP contribution in [-0.2, 0) is 6.54 Å². The highest BCUT2D eigenvalue weighted by Crippen LogP contribution is 2.31. The van der Waals surface area contributed by atoms with E-state index in [9.17, 15) is 5.11 Å². The molecule has 0 heterocycles. The fourth-order valence-electron chi connectivity index (χ4n) is 3.31. The number of aromatic hydroxyl groups is 1. The van der Waals surface area contributed by atoms with Gasteiger partial charge < -0.3 is 10.4 Å². The zero-order chi connectivity index (χ0) is 13.8. The first-order chi connectivity index (χ1) is 9.09. The summed E-state index contributed by atoms with van der Waals surface area (Å²) in [6.07, 6.45) is 5.32. The first-order valence-electron chi connectivity index (χ1n) is 7.60. The quantitative estimate of drug-likeness (QED) is 0.858. The molecule has 1 aromatic carbocycles. The number of benzene rings is 1. The minimum atomic E-state index is 0.451. The van der Waals surface area contributed by atoms with Crippen molar-refractivity contribution in [1.29, 1.82) is 0 Å². The molecule has 1 aliphatic carbocycles. The van der Waals surface area contributed by atoms with Crippen molar-refractivity contribution in [2.45, 2.75) is 59.0 Å². The molecule has 1 aliphatic rings. The van der Waals surface area contributed by atoms with E-state index in [1.165, 1.54) is 25.7 Å². The van der Waals surface area contributed by atoms with Crippen molar-refractivity contribution in [3.63, 3.8) is 0 Å². The van der Waals surface area contributed by atoms with Crippen LogP contribution in [0.3, 0.4) is 0 Å². The zero-order valence-corrected chi connectivity index (χ0v) is 12.4. The van der Waals surface area contributed by atoms with Crippen molar-refractivity contribution in [1.82, 2.24) is 5.32 Å². The molecule has 0 amide bonds. The SMILES string of the molecule is Cc1cccc(CNC2CCCCC2C(C)C)c1O. The third-order valence-electron chi connectivity index (χ3n) is 4.55. The maximum Gasteiger partial charge on any atom is 0.122 e. The Hall–Kier alpha value is -1.02. The Bertz CT molecular complexity index is 414. The molecule has 2 atom stereocenters. The van der Waals surface area contributed by atoms with Crippen LogP contribution in [0.25, 0.3) is 0 Å². The number of hydrogen-bond donors (Lipinski definition) is 2. The normalized spacial score (nSPS) is 23.8. The number of nitrogens with one attached hydrogen (secondary N) is 1. The third-order valence-corrected chi connectivity index (χ3v) is 4.55. The Morgan fingerprint density at radius 3 is 2.74 bits per heavy atom. The summed E-state index contributed by atoms with van der Waals surface area (Å²) in [6.45, 7) is 7.39. The van der Waals surface area contributed by atoms with Crippen LogP contribution in [0.5, 0.6) is 5.75 Å². The lowest BCUT2D eigenvalue weighted by Gasteiger charge is -2.35. The molecule has 2 unspecified atom stereocenters. The highest BCUT2D eigenvalue weighted by molar-refractivity contribution is 5.39. The molecule has 0 aliphatic heterocycles. The first-order valence-corrected chi connectivity index (χ1v) is 7.60. The van der Waals surface area contributed by atoms with E-state index in [1.807, 2.05) is 25.1 Å². The molecule has 2 N–H and O–H groups in total. The Labute approximate surface area is 117 Å². The molecular weight excluding hydrogens is 234 g/mol. The molecule has 0 saturated heterocycles. The average Bonchev–Trinajstić information content (AvgIpc) is 2.40. The minimum Gasteiger partial charge on any atom is -0.507 e. The second-order valence-corrected chi connectivity index (χ2v) is 6.26. The molecule has 1 fully saturated rings. The molecule has 2 heteroatoms. The molecule has 2 rings (SSSR count). The second-order valence-electron chi connectivity index (χ2n) is 6.26. The predicted molar refractivity (Wildman–Crippen MR) is 80.3 cm³/mol. The van der Waals surface area contributed by atoms with Crippen molar-refractivity contribution in [3.8, 4) is 5.75 Å². The van der Waals surface area contributed by atoms with E-state index in [2.05, 4.69) is 19.2 Å². The molecule has 106 valence electrons. The van der Waals surface area contributed by atoms with Gasteiger partial charge in [0.1, 0.15) is 5.75 Å². The number of phenols is 1. The van der Waals surface area contributed by atoms with Crippen molar-refractivity contribution < 1.29 is 5.11 Å². The van der Waals surface area contributed by atoms with Gasteiger partial charge in [0.05, 0.1) is 0 Å². The molecule has 19 heavy (non-hydrogen) atoms. The average molecular weight is 261 g/mol. The lowest BCUT2D eigenvalue weighted by molar-refractivity contribution is 0.204. The minimum absolute atomic E-state index is 0.451. The molecule has 1 saturated carbocycles. The largest absolute Gasteiger partial charge is 0.507 e. The lowest BCUT2D eigenvalue weighted by Crippen LogP contribution is -2.40. The lowest BCUT2D eigenvalue weighted by atomic mass is 9.78. The van der Waals surface area contributed by atoms with E-state index < -0.39 is 0 Å². The van der Waals surface area contributed by atoms with Crippen LogP contribution in [0.4, 0.5) is 0 Å².